The lowest BCUT2D eigenvalue weighted by Gasteiger charge is -2.38. The number of nitrogens with two attached hydrogens (primary N) is 1. The van der Waals surface area contributed by atoms with E-state index in [1.165, 1.54) is 0 Å². The lowest BCUT2D eigenvalue weighted by molar-refractivity contribution is -0.128. The number of hydrogen-bond donors (Lipinski definition) is 2. The molecular formula is C19H31N3O3. The van der Waals surface area contributed by atoms with Gasteiger partial charge in [-0.15, -0.1) is 0 Å². The van der Waals surface area contributed by atoms with Crippen molar-refractivity contribution >= 4 is 5.91 Å². The molecule has 0 radical (unpaired) electrons. The number of rotatable bonds is 5. The van der Waals surface area contributed by atoms with Crippen molar-refractivity contribution in [3.8, 4) is 0 Å². The van der Waals surface area contributed by atoms with Gasteiger partial charge < -0.3 is 20.2 Å². The highest BCUT2D eigenvalue weighted by molar-refractivity contribution is 5.80. The molecule has 6 heteroatoms. The van der Waals surface area contributed by atoms with Crippen LogP contribution in [0.25, 0.3) is 0 Å². The number of hydrogen-bond acceptors (Lipinski definition) is 5. The van der Waals surface area contributed by atoms with Gasteiger partial charge in [-0.3, -0.25) is 9.69 Å². The van der Waals surface area contributed by atoms with E-state index in [0.717, 1.165) is 50.3 Å². The summed E-state index contributed by atoms with van der Waals surface area (Å²) in [6.45, 7) is 7.61. The number of nitrogens with zero attached hydrogens (tertiary/aromatic N) is 1. The quantitative estimate of drug-likeness (QED) is 0.850. The molecule has 6 nitrogen and oxygen atoms in total. The maximum Gasteiger partial charge on any atom is 0.225 e. The Balaban J connectivity index is 1.66. The molecule has 1 saturated heterocycles. The van der Waals surface area contributed by atoms with E-state index < -0.39 is 5.54 Å². The van der Waals surface area contributed by atoms with Crippen molar-refractivity contribution in [3.63, 3.8) is 0 Å². The van der Waals surface area contributed by atoms with Crippen LogP contribution in [0.3, 0.4) is 0 Å². The maximum absolute atomic E-state index is 12.8. The van der Waals surface area contributed by atoms with E-state index in [2.05, 4.69) is 10.2 Å². The van der Waals surface area contributed by atoms with Gasteiger partial charge >= 0.3 is 0 Å². The van der Waals surface area contributed by atoms with Crippen LogP contribution in [0.4, 0.5) is 0 Å². The van der Waals surface area contributed by atoms with Gasteiger partial charge in [0.15, 0.2) is 0 Å². The van der Waals surface area contributed by atoms with Crippen LogP contribution in [0.15, 0.2) is 16.5 Å². The zero-order valence-electron chi connectivity index (χ0n) is 15.4. The second-order valence-corrected chi connectivity index (χ2v) is 7.66. The molecular weight excluding hydrogens is 318 g/mol. The SMILES string of the molecule is Cc1ccc(C(CNC(=O)C2CCCCC2(C)N)N2CCOCC2)o1. The second kappa shape index (κ2) is 7.89. The molecule has 1 saturated carbocycles. The third-order valence-electron chi connectivity index (χ3n) is 5.62. The molecule has 2 fully saturated rings. The van der Waals surface area contributed by atoms with Gasteiger partial charge in [0, 0.05) is 25.2 Å². The standard InChI is InChI=1S/C19H31N3O3/c1-14-6-7-17(25-14)16(22-9-11-24-12-10-22)13-21-18(23)15-5-3-4-8-19(15,2)20/h6-7,15-16H,3-5,8-13,20H2,1-2H3,(H,21,23). The fourth-order valence-electron chi connectivity index (χ4n) is 4.04. The van der Waals surface area contributed by atoms with Crippen LogP contribution in [0.2, 0.25) is 0 Å². The number of furan rings is 1. The molecule has 3 atom stereocenters. The van der Waals surface area contributed by atoms with Crippen molar-refractivity contribution in [1.82, 2.24) is 10.2 Å². The average Bonchev–Trinajstić information content (AvgIpc) is 3.01. The van der Waals surface area contributed by atoms with Gasteiger partial charge in [0.05, 0.1) is 25.2 Å². The molecule has 0 bridgehead atoms. The highest BCUT2D eigenvalue weighted by Gasteiger charge is 2.38. The van der Waals surface area contributed by atoms with Gasteiger partial charge in [0.2, 0.25) is 5.91 Å². The van der Waals surface area contributed by atoms with E-state index >= 15 is 0 Å². The average molecular weight is 349 g/mol. The van der Waals surface area contributed by atoms with Crippen molar-refractivity contribution in [3.05, 3.63) is 23.7 Å². The Morgan fingerprint density at radius 3 is 2.80 bits per heavy atom. The summed E-state index contributed by atoms with van der Waals surface area (Å²) in [5.41, 5.74) is 5.98. The molecule has 3 N–H and O–H groups in total. The minimum atomic E-state index is -0.405. The highest BCUT2D eigenvalue weighted by atomic mass is 16.5. The van der Waals surface area contributed by atoms with Crippen LogP contribution in [-0.2, 0) is 9.53 Å². The molecule has 2 heterocycles. The predicted molar refractivity (Wildman–Crippen MR) is 96.1 cm³/mol. The van der Waals surface area contributed by atoms with E-state index in [0.29, 0.717) is 19.8 Å². The number of aryl methyl sites for hydroxylation is 1. The molecule has 25 heavy (non-hydrogen) atoms. The zero-order chi connectivity index (χ0) is 17.9. The Labute approximate surface area is 150 Å². The van der Waals surface area contributed by atoms with Crippen LogP contribution < -0.4 is 11.1 Å². The summed E-state index contributed by atoms with van der Waals surface area (Å²) in [6.07, 6.45) is 3.98. The molecule has 1 aromatic heterocycles. The van der Waals surface area contributed by atoms with Crippen LogP contribution in [0.1, 0.15) is 50.2 Å². The number of amides is 1. The normalized spacial score (nSPS) is 29.3. The van der Waals surface area contributed by atoms with Gasteiger partial charge in [0.1, 0.15) is 11.5 Å². The van der Waals surface area contributed by atoms with Crippen LogP contribution in [0.5, 0.6) is 0 Å². The van der Waals surface area contributed by atoms with Crippen molar-refractivity contribution in [1.29, 1.82) is 0 Å². The molecule has 1 amide bonds. The molecule has 1 aliphatic carbocycles. The first-order valence-corrected chi connectivity index (χ1v) is 9.42. The first kappa shape index (κ1) is 18.4. The number of carbonyl (C=O) groups is 1. The summed E-state index contributed by atoms with van der Waals surface area (Å²) < 4.78 is 11.3. The van der Waals surface area contributed by atoms with Gasteiger partial charge in [-0.05, 0) is 38.8 Å². The Hall–Kier alpha value is -1.37. The van der Waals surface area contributed by atoms with Crippen molar-refractivity contribution < 1.29 is 13.9 Å². The lowest BCUT2D eigenvalue weighted by Crippen LogP contribution is -2.54. The van der Waals surface area contributed by atoms with E-state index in [1.807, 2.05) is 26.0 Å². The van der Waals surface area contributed by atoms with E-state index in [9.17, 15) is 4.79 Å². The monoisotopic (exact) mass is 349 g/mol. The van der Waals surface area contributed by atoms with E-state index in [1.54, 1.807) is 0 Å². The minimum absolute atomic E-state index is 0.0363. The number of ether oxygens (including phenoxy) is 1. The maximum atomic E-state index is 12.8. The Kier molecular flexibility index (Phi) is 5.81. The van der Waals surface area contributed by atoms with Gasteiger partial charge in [-0.2, -0.15) is 0 Å². The molecule has 2 aliphatic rings. The summed E-state index contributed by atoms with van der Waals surface area (Å²) in [7, 11) is 0. The molecule has 3 unspecified atom stereocenters. The third kappa shape index (κ3) is 4.43. The van der Waals surface area contributed by atoms with E-state index in [-0.39, 0.29) is 17.9 Å². The van der Waals surface area contributed by atoms with Crippen molar-refractivity contribution in [2.45, 2.75) is 51.1 Å². The molecule has 1 aromatic rings. The van der Waals surface area contributed by atoms with E-state index in [4.69, 9.17) is 14.9 Å². The lowest BCUT2D eigenvalue weighted by atomic mass is 9.74. The summed E-state index contributed by atoms with van der Waals surface area (Å²) >= 11 is 0. The molecule has 0 spiro atoms. The fraction of sp³-hybridized carbons (Fsp3) is 0.737. The van der Waals surface area contributed by atoms with Gasteiger partial charge in [0.25, 0.3) is 0 Å². The zero-order valence-corrected chi connectivity index (χ0v) is 15.4. The van der Waals surface area contributed by atoms with Crippen molar-refractivity contribution in [2.24, 2.45) is 11.7 Å². The third-order valence-corrected chi connectivity index (χ3v) is 5.62. The molecule has 1 aliphatic heterocycles. The molecule has 3 rings (SSSR count). The van der Waals surface area contributed by atoms with Gasteiger partial charge in [-0.25, -0.2) is 0 Å². The smallest absolute Gasteiger partial charge is 0.225 e. The van der Waals surface area contributed by atoms with Crippen LogP contribution >= 0.6 is 0 Å². The summed E-state index contributed by atoms with van der Waals surface area (Å²) in [5.74, 6) is 1.76. The van der Waals surface area contributed by atoms with Crippen LogP contribution in [-0.4, -0.2) is 49.2 Å². The predicted octanol–water partition coefficient (Wildman–Crippen LogP) is 1.99. The fourth-order valence-corrected chi connectivity index (χ4v) is 4.04. The Morgan fingerprint density at radius 1 is 1.40 bits per heavy atom. The first-order chi connectivity index (χ1) is 12.0. The number of morpholine rings is 1. The topological polar surface area (TPSA) is 80.7 Å². The summed E-state index contributed by atoms with van der Waals surface area (Å²) in [6, 6.07) is 4.02. The highest BCUT2D eigenvalue weighted by Crippen LogP contribution is 2.32. The molecule has 140 valence electrons. The number of nitrogens with one attached hydrogen (secondary N) is 1. The molecule has 0 aromatic carbocycles. The van der Waals surface area contributed by atoms with Gasteiger partial charge in [-0.1, -0.05) is 12.8 Å². The number of carbonyl (C=O) groups excluding carboxylic acids is 1. The Morgan fingerprint density at radius 2 is 2.16 bits per heavy atom. The largest absolute Gasteiger partial charge is 0.465 e. The minimum Gasteiger partial charge on any atom is -0.465 e. The first-order valence-electron chi connectivity index (χ1n) is 9.42. The summed E-state index contributed by atoms with van der Waals surface area (Å²) in [4.78, 5) is 15.1. The van der Waals surface area contributed by atoms with Crippen molar-refractivity contribution in [2.75, 3.05) is 32.8 Å². The summed E-state index contributed by atoms with van der Waals surface area (Å²) in [5, 5.41) is 3.15. The van der Waals surface area contributed by atoms with Crippen LogP contribution in [0, 0.1) is 12.8 Å². The second-order valence-electron chi connectivity index (χ2n) is 7.66. The Bertz CT molecular complexity index is 578.